The first-order valence-electron chi connectivity index (χ1n) is 9.26. The maximum Gasteiger partial charge on any atom is 0.304 e. The first-order chi connectivity index (χ1) is 13.4. The van der Waals surface area contributed by atoms with Crippen molar-refractivity contribution in [2.75, 3.05) is 7.11 Å². The van der Waals surface area contributed by atoms with Gasteiger partial charge in [0.15, 0.2) is 0 Å². The molecule has 2 atom stereocenters. The third kappa shape index (κ3) is 3.02. The molecule has 4 rings (SSSR count). The fourth-order valence-electron chi connectivity index (χ4n) is 4.23. The van der Waals surface area contributed by atoms with Gasteiger partial charge in [-0.05, 0) is 53.6 Å². The third-order valence-corrected chi connectivity index (χ3v) is 6.14. The van der Waals surface area contributed by atoms with E-state index < -0.39 is 5.97 Å². The molecule has 0 bridgehead atoms. The number of carboxylic acid groups (broad SMARTS) is 1. The molecule has 0 radical (unpaired) electrons. The number of aryl methyl sites for hydroxylation is 3. The number of ether oxygens (including phenoxy) is 1. The minimum atomic E-state index is -0.856. The molecule has 0 saturated heterocycles. The summed E-state index contributed by atoms with van der Waals surface area (Å²) in [4.78, 5) is 11.7. The Morgan fingerprint density at radius 2 is 2.21 bits per heavy atom. The van der Waals surface area contributed by atoms with Gasteiger partial charge in [-0.25, -0.2) is 4.68 Å². The van der Waals surface area contributed by atoms with Crippen molar-refractivity contribution in [3.8, 4) is 5.75 Å². The average Bonchev–Trinajstić information content (AvgIpc) is 3.24. The van der Waals surface area contributed by atoms with Crippen molar-refractivity contribution in [2.45, 2.75) is 37.5 Å². The molecule has 6 nitrogen and oxygen atoms in total. The van der Waals surface area contributed by atoms with Crippen LogP contribution in [0.15, 0.2) is 24.3 Å². The molecule has 0 fully saturated rings. The van der Waals surface area contributed by atoms with Crippen LogP contribution in [-0.4, -0.2) is 33.2 Å². The average molecular weight is 400 g/mol. The van der Waals surface area contributed by atoms with Gasteiger partial charge in [0.2, 0.25) is 0 Å². The first-order valence-corrected chi connectivity index (χ1v) is 9.69. The number of halogens is 1. The number of aliphatic carboxylic acids is 1. The highest BCUT2D eigenvalue weighted by atomic mass is 35.5. The Balaban J connectivity index is 1.91. The van der Waals surface area contributed by atoms with Gasteiger partial charge in [-0.2, -0.15) is 0 Å². The van der Waals surface area contributed by atoms with E-state index in [4.69, 9.17) is 16.3 Å². The predicted octanol–water partition coefficient (Wildman–Crippen LogP) is 4.12. The number of carboxylic acids is 1. The summed E-state index contributed by atoms with van der Waals surface area (Å²) in [5, 5.41) is 18.0. The molecular formula is C21H22ClN3O3. The van der Waals surface area contributed by atoms with Gasteiger partial charge >= 0.3 is 5.97 Å². The van der Waals surface area contributed by atoms with Gasteiger partial charge in [0, 0.05) is 13.0 Å². The van der Waals surface area contributed by atoms with Crippen LogP contribution in [0.25, 0.3) is 11.0 Å². The van der Waals surface area contributed by atoms with Crippen molar-refractivity contribution < 1.29 is 14.6 Å². The van der Waals surface area contributed by atoms with Gasteiger partial charge in [0.05, 0.1) is 18.9 Å². The van der Waals surface area contributed by atoms with Crippen LogP contribution in [0.5, 0.6) is 5.75 Å². The van der Waals surface area contributed by atoms with Crippen LogP contribution in [0.4, 0.5) is 0 Å². The largest absolute Gasteiger partial charge is 0.494 e. The Morgan fingerprint density at radius 1 is 1.43 bits per heavy atom. The molecule has 2 aromatic carbocycles. The fraction of sp³-hybridized carbons (Fsp3) is 0.381. The molecule has 146 valence electrons. The summed E-state index contributed by atoms with van der Waals surface area (Å²) >= 11 is 6.47. The van der Waals surface area contributed by atoms with Crippen LogP contribution in [0.1, 0.15) is 52.0 Å². The molecule has 0 amide bonds. The zero-order valence-electron chi connectivity index (χ0n) is 16.1. The van der Waals surface area contributed by atoms with Crippen LogP contribution in [0, 0.1) is 6.92 Å². The van der Waals surface area contributed by atoms with E-state index in [1.165, 1.54) is 5.56 Å². The van der Waals surface area contributed by atoms with E-state index in [0.29, 0.717) is 5.75 Å². The Bertz CT molecular complexity index is 1080. The Morgan fingerprint density at radius 3 is 2.93 bits per heavy atom. The van der Waals surface area contributed by atoms with Gasteiger partial charge < -0.3 is 9.84 Å². The first kappa shape index (κ1) is 18.7. The fourth-order valence-corrected chi connectivity index (χ4v) is 4.54. The van der Waals surface area contributed by atoms with Crippen LogP contribution < -0.4 is 4.74 Å². The minimum Gasteiger partial charge on any atom is -0.494 e. The zero-order chi connectivity index (χ0) is 20.0. The summed E-state index contributed by atoms with van der Waals surface area (Å²) in [7, 11) is 3.41. The minimum absolute atomic E-state index is 0.0152. The number of hydrogen-bond donors (Lipinski definition) is 1. The van der Waals surface area contributed by atoms with E-state index in [9.17, 15) is 9.90 Å². The number of methoxy groups -OCH3 is 1. The van der Waals surface area contributed by atoms with Gasteiger partial charge in [0.25, 0.3) is 0 Å². The van der Waals surface area contributed by atoms with Crippen LogP contribution in [0.2, 0.25) is 0 Å². The van der Waals surface area contributed by atoms with Crippen LogP contribution in [-0.2, 0) is 18.3 Å². The lowest BCUT2D eigenvalue weighted by molar-refractivity contribution is -0.137. The lowest BCUT2D eigenvalue weighted by atomic mass is 9.84. The normalized spacial score (nSPS) is 16.9. The van der Waals surface area contributed by atoms with Crippen molar-refractivity contribution in [3.63, 3.8) is 0 Å². The summed E-state index contributed by atoms with van der Waals surface area (Å²) < 4.78 is 7.25. The topological polar surface area (TPSA) is 77.2 Å². The van der Waals surface area contributed by atoms with E-state index in [0.717, 1.165) is 46.1 Å². The highest BCUT2D eigenvalue weighted by molar-refractivity contribution is 6.21. The Kier molecular flexibility index (Phi) is 4.75. The number of nitrogens with zero attached hydrogens (tertiary/aromatic N) is 3. The van der Waals surface area contributed by atoms with Gasteiger partial charge in [-0.15, -0.1) is 16.7 Å². The molecule has 0 saturated carbocycles. The Hall–Kier alpha value is -2.60. The summed E-state index contributed by atoms with van der Waals surface area (Å²) in [6, 6.07) is 8.09. The second-order valence-corrected chi connectivity index (χ2v) is 7.85. The monoisotopic (exact) mass is 399 g/mol. The lowest BCUT2D eigenvalue weighted by Crippen LogP contribution is -2.11. The number of carbonyl (C=O) groups is 1. The maximum absolute atomic E-state index is 11.7. The SMILES string of the molecule is COc1cc(C(CC(=O)O)c2ccc3c(c2)C(Cl)CC3)c(C)c2nnn(C)c12. The van der Waals surface area contributed by atoms with Gasteiger partial charge in [-0.1, -0.05) is 23.4 Å². The summed E-state index contributed by atoms with van der Waals surface area (Å²) in [6.07, 6.45) is 1.86. The molecule has 3 aromatic rings. The highest BCUT2D eigenvalue weighted by Gasteiger charge is 2.27. The van der Waals surface area contributed by atoms with Crippen LogP contribution in [0.3, 0.4) is 0 Å². The molecule has 7 heteroatoms. The zero-order valence-corrected chi connectivity index (χ0v) is 16.8. The highest BCUT2D eigenvalue weighted by Crippen LogP contribution is 2.41. The van der Waals surface area contributed by atoms with Gasteiger partial charge in [-0.3, -0.25) is 4.79 Å². The Labute approximate surface area is 168 Å². The maximum atomic E-state index is 11.7. The second kappa shape index (κ2) is 7.09. The molecular weight excluding hydrogens is 378 g/mol. The number of rotatable bonds is 5. The van der Waals surface area contributed by atoms with Crippen molar-refractivity contribution >= 4 is 28.6 Å². The quantitative estimate of drug-likeness (QED) is 0.653. The van der Waals surface area contributed by atoms with E-state index in [-0.39, 0.29) is 17.7 Å². The number of alkyl halides is 1. The van der Waals surface area contributed by atoms with Crippen molar-refractivity contribution in [3.05, 3.63) is 52.1 Å². The second-order valence-electron chi connectivity index (χ2n) is 7.32. The lowest BCUT2D eigenvalue weighted by Gasteiger charge is -2.21. The summed E-state index contributed by atoms with van der Waals surface area (Å²) in [5.41, 5.74) is 6.63. The number of aromatic nitrogens is 3. The molecule has 1 aromatic heterocycles. The standard InChI is InChI=1S/C21H22ClN3O3/c1-11-14(9-18(28-3)21-20(11)23-24-25(21)2)15(10-19(26)27)13-5-4-12-6-7-17(22)16(12)8-13/h4-5,8-9,15,17H,6-7,10H2,1-3H3,(H,26,27). The number of fused-ring (bicyclic) bond motifs is 2. The van der Waals surface area contributed by atoms with Crippen molar-refractivity contribution in [2.24, 2.45) is 7.05 Å². The number of hydrogen-bond acceptors (Lipinski definition) is 4. The number of benzene rings is 2. The van der Waals surface area contributed by atoms with Crippen LogP contribution >= 0.6 is 11.6 Å². The smallest absolute Gasteiger partial charge is 0.304 e. The molecule has 2 unspecified atom stereocenters. The van der Waals surface area contributed by atoms with Gasteiger partial charge in [0.1, 0.15) is 16.8 Å². The molecule has 1 aliphatic carbocycles. The van der Waals surface area contributed by atoms with E-state index in [1.807, 2.05) is 26.1 Å². The predicted molar refractivity (Wildman–Crippen MR) is 107 cm³/mol. The molecule has 1 N–H and O–H groups in total. The summed E-state index contributed by atoms with van der Waals surface area (Å²) in [5.74, 6) is -0.548. The molecule has 1 heterocycles. The molecule has 28 heavy (non-hydrogen) atoms. The molecule has 1 aliphatic rings. The van der Waals surface area contributed by atoms with E-state index >= 15 is 0 Å². The van der Waals surface area contributed by atoms with Crippen molar-refractivity contribution in [1.82, 2.24) is 15.0 Å². The summed E-state index contributed by atoms with van der Waals surface area (Å²) in [6.45, 7) is 1.96. The van der Waals surface area contributed by atoms with Crippen molar-refractivity contribution in [1.29, 1.82) is 0 Å². The van der Waals surface area contributed by atoms with E-state index in [2.05, 4.69) is 22.4 Å². The third-order valence-electron chi connectivity index (χ3n) is 5.69. The van der Waals surface area contributed by atoms with E-state index in [1.54, 1.807) is 11.8 Å². The molecule has 0 aliphatic heterocycles. The molecule has 0 spiro atoms.